The third kappa shape index (κ3) is 1.89. The van der Waals surface area contributed by atoms with E-state index in [0.29, 0.717) is 26.2 Å². The molecule has 0 aliphatic carbocycles. The normalized spacial score (nSPS) is 28.9. The van der Waals surface area contributed by atoms with Crippen LogP contribution >= 0.6 is 0 Å². The highest BCUT2D eigenvalue weighted by molar-refractivity contribution is 6.05. The molecule has 0 aromatic rings. The first-order valence-electron chi connectivity index (χ1n) is 5.40. The maximum Gasteiger partial charge on any atom is 0.247 e. The van der Waals surface area contributed by atoms with E-state index >= 15 is 0 Å². The van der Waals surface area contributed by atoms with Gasteiger partial charge in [-0.3, -0.25) is 19.4 Å². The summed E-state index contributed by atoms with van der Waals surface area (Å²) in [5, 5.41) is 0. The minimum atomic E-state index is -0.235. The van der Waals surface area contributed by atoms with Crippen molar-refractivity contribution in [2.24, 2.45) is 0 Å². The topological polar surface area (TPSA) is 49.9 Å². The third-order valence-corrected chi connectivity index (χ3v) is 3.02. The Morgan fingerprint density at radius 3 is 2.53 bits per heavy atom. The number of likely N-dealkylation sites (tertiary alicyclic amines) is 1. The zero-order chi connectivity index (χ0) is 10.8. The number of rotatable bonds is 2. The minimum absolute atomic E-state index is 0.0376. The number of morpholine rings is 1. The van der Waals surface area contributed by atoms with E-state index in [1.165, 1.54) is 4.90 Å². The van der Waals surface area contributed by atoms with Crippen molar-refractivity contribution in [3.8, 4) is 0 Å². The summed E-state index contributed by atoms with van der Waals surface area (Å²) in [6, 6.07) is -0.235. The lowest BCUT2D eigenvalue weighted by molar-refractivity contribution is -0.139. The lowest BCUT2D eigenvalue weighted by atomic mass is 10.2. The van der Waals surface area contributed by atoms with Gasteiger partial charge in [-0.05, 0) is 6.92 Å². The van der Waals surface area contributed by atoms with Gasteiger partial charge in [0.25, 0.3) is 0 Å². The fourth-order valence-electron chi connectivity index (χ4n) is 2.17. The molecule has 0 aromatic carbocycles. The van der Waals surface area contributed by atoms with Crippen LogP contribution in [0.4, 0.5) is 0 Å². The quantitative estimate of drug-likeness (QED) is 0.577. The first kappa shape index (κ1) is 10.6. The van der Waals surface area contributed by atoms with E-state index in [1.54, 1.807) is 0 Å². The second kappa shape index (κ2) is 4.28. The van der Waals surface area contributed by atoms with Gasteiger partial charge in [0, 0.05) is 19.6 Å². The van der Waals surface area contributed by atoms with Crippen LogP contribution in [0.25, 0.3) is 0 Å². The van der Waals surface area contributed by atoms with Crippen molar-refractivity contribution < 1.29 is 14.3 Å². The number of hydrogen-bond acceptors (Lipinski definition) is 4. The van der Waals surface area contributed by atoms with Crippen molar-refractivity contribution in [1.29, 1.82) is 0 Å². The highest BCUT2D eigenvalue weighted by atomic mass is 16.5. The lowest BCUT2D eigenvalue weighted by Gasteiger charge is -2.30. The molecule has 5 nitrogen and oxygen atoms in total. The van der Waals surface area contributed by atoms with E-state index in [-0.39, 0.29) is 17.9 Å². The summed E-state index contributed by atoms with van der Waals surface area (Å²) in [5.74, 6) is -0.0802. The SMILES string of the molecule is CCN1C(=O)C[C@@H](N2CCOCC2)C1=O. The monoisotopic (exact) mass is 212 g/mol. The number of nitrogens with zero attached hydrogens (tertiary/aromatic N) is 2. The molecule has 2 saturated heterocycles. The molecule has 0 bridgehead atoms. The molecule has 2 aliphatic heterocycles. The Kier molecular flexibility index (Phi) is 3.02. The maximum absolute atomic E-state index is 11.9. The molecule has 2 heterocycles. The van der Waals surface area contributed by atoms with Gasteiger partial charge >= 0.3 is 0 Å². The molecular weight excluding hydrogens is 196 g/mol. The van der Waals surface area contributed by atoms with Crippen LogP contribution in [0.3, 0.4) is 0 Å². The van der Waals surface area contributed by atoms with E-state index in [4.69, 9.17) is 4.74 Å². The van der Waals surface area contributed by atoms with Gasteiger partial charge in [-0.1, -0.05) is 0 Å². The predicted octanol–water partition coefficient (Wildman–Crippen LogP) is -0.534. The molecule has 0 spiro atoms. The number of likely N-dealkylation sites (N-methyl/N-ethyl adjacent to an activating group) is 1. The van der Waals surface area contributed by atoms with Crippen LogP contribution in [0.1, 0.15) is 13.3 Å². The van der Waals surface area contributed by atoms with Crippen LogP contribution in [0, 0.1) is 0 Å². The third-order valence-electron chi connectivity index (χ3n) is 3.02. The molecule has 0 radical (unpaired) electrons. The summed E-state index contributed by atoms with van der Waals surface area (Å²) in [5.41, 5.74) is 0. The number of hydrogen-bond donors (Lipinski definition) is 0. The van der Waals surface area contributed by atoms with Gasteiger partial charge in [-0.2, -0.15) is 0 Å². The second-order valence-electron chi connectivity index (χ2n) is 3.84. The van der Waals surface area contributed by atoms with Gasteiger partial charge in [0.05, 0.1) is 25.7 Å². The Labute approximate surface area is 89.0 Å². The number of carbonyl (C=O) groups excluding carboxylic acids is 2. The number of amides is 2. The average molecular weight is 212 g/mol. The number of ether oxygens (including phenoxy) is 1. The summed E-state index contributed by atoms with van der Waals surface area (Å²) < 4.78 is 5.22. The van der Waals surface area contributed by atoms with Crippen LogP contribution in [-0.4, -0.2) is 60.5 Å². The van der Waals surface area contributed by atoms with Crippen molar-refractivity contribution in [1.82, 2.24) is 9.80 Å². The maximum atomic E-state index is 11.9. The van der Waals surface area contributed by atoms with E-state index in [2.05, 4.69) is 4.90 Å². The van der Waals surface area contributed by atoms with Crippen LogP contribution in [0.5, 0.6) is 0 Å². The molecular formula is C10H16N2O3. The molecule has 2 amide bonds. The summed E-state index contributed by atoms with van der Waals surface area (Å²) >= 11 is 0. The molecule has 2 rings (SSSR count). The lowest BCUT2D eigenvalue weighted by Crippen LogP contribution is -2.47. The minimum Gasteiger partial charge on any atom is -0.379 e. The van der Waals surface area contributed by atoms with Gasteiger partial charge < -0.3 is 4.74 Å². The highest BCUT2D eigenvalue weighted by Gasteiger charge is 2.41. The summed E-state index contributed by atoms with van der Waals surface area (Å²) in [6.07, 6.45) is 0.340. The van der Waals surface area contributed by atoms with E-state index in [1.807, 2.05) is 6.92 Å². The van der Waals surface area contributed by atoms with Crippen molar-refractivity contribution in [3.63, 3.8) is 0 Å². The zero-order valence-electron chi connectivity index (χ0n) is 8.94. The van der Waals surface area contributed by atoms with Crippen molar-refractivity contribution in [3.05, 3.63) is 0 Å². The molecule has 0 saturated carbocycles. The molecule has 0 unspecified atom stereocenters. The summed E-state index contributed by atoms with van der Waals surface area (Å²) in [7, 11) is 0. The second-order valence-corrected chi connectivity index (χ2v) is 3.84. The van der Waals surface area contributed by atoms with Gasteiger partial charge in [0.1, 0.15) is 0 Å². The number of imide groups is 1. The summed E-state index contributed by atoms with van der Waals surface area (Å²) in [4.78, 5) is 26.8. The Morgan fingerprint density at radius 2 is 2.00 bits per heavy atom. The Balaban J connectivity index is 2.04. The van der Waals surface area contributed by atoms with Crippen molar-refractivity contribution in [2.75, 3.05) is 32.8 Å². The summed E-state index contributed by atoms with van der Waals surface area (Å²) in [6.45, 7) is 5.13. The van der Waals surface area contributed by atoms with Gasteiger partial charge in [0.2, 0.25) is 11.8 Å². The Morgan fingerprint density at radius 1 is 1.33 bits per heavy atom. The predicted molar refractivity (Wildman–Crippen MR) is 53.2 cm³/mol. The first-order valence-corrected chi connectivity index (χ1v) is 5.40. The van der Waals surface area contributed by atoms with Crippen molar-refractivity contribution >= 4 is 11.8 Å². The highest BCUT2D eigenvalue weighted by Crippen LogP contribution is 2.19. The van der Waals surface area contributed by atoms with E-state index in [0.717, 1.165) is 13.1 Å². The van der Waals surface area contributed by atoms with Crippen LogP contribution in [0.15, 0.2) is 0 Å². The molecule has 2 fully saturated rings. The first-order chi connectivity index (χ1) is 7.24. The standard InChI is InChI=1S/C10H16N2O3/c1-2-12-9(13)7-8(10(12)14)11-3-5-15-6-4-11/h8H,2-7H2,1H3/t8-/m1/s1. The zero-order valence-corrected chi connectivity index (χ0v) is 8.94. The fraction of sp³-hybridized carbons (Fsp3) is 0.800. The van der Waals surface area contributed by atoms with Gasteiger partial charge in [0.15, 0.2) is 0 Å². The molecule has 15 heavy (non-hydrogen) atoms. The molecule has 84 valence electrons. The van der Waals surface area contributed by atoms with Gasteiger partial charge in [-0.15, -0.1) is 0 Å². The molecule has 0 aromatic heterocycles. The Hall–Kier alpha value is -0.940. The van der Waals surface area contributed by atoms with Crippen LogP contribution < -0.4 is 0 Å². The fourth-order valence-corrected chi connectivity index (χ4v) is 2.17. The van der Waals surface area contributed by atoms with Crippen LogP contribution in [-0.2, 0) is 14.3 Å². The molecule has 1 atom stereocenters. The largest absolute Gasteiger partial charge is 0.379 e. The number of carbonyl (C=O) groups is 2. The van der Waals surface area contributed by atoms with Crippen LogP contribution in [0.2, 0.25) is 0 Å². The Bertz CT molecular complexity index is 274. The average Bonchev–Trinajstić information content (AvgIpc) is 2.55. The van der Waals surface area contributed by atoms with E-state index in [9.17, 15) is 9.59 Å². The van der Waals surface area contributed by atoms with Gasteiger partial charge in [-0.25, -0.2) is 0 Å². The molecule has 2 aliphatic rings. The molecule has 5 heteroatoms. The molecule has 0 N–H and O–H groups in total. The smallest absolute Gasteiger partial charge is 0.247 e. The van der Waals surface area contributed by atoms with Crippen molar-refractivity contribution in [2.45, 2.75) is 19.4 Å². The van der Waals surface area contributed by atoms with E-state index < -0.39 is 0 Å².